The smallest absolute Gasteiger partial charge is 0.323 e. The summed E-state index contributed by atoms with van der Waals surface area (Å²) in [6, 6.07) is 15.8. The number of ether oxygens (including phenoxy) is 4. The first-order valence-corrected chi connectivity index (χ1v) is 10.8. The third kappa shape index (κ3) is 6.41. The normalized spacial score (nSPS) is 10.8. The number of pyridine rings is 1. The predicted molar refractivity (Wildman–Crippen MR) is 133 cm³/mol. The van der Waals surface area contributed by atoms with E-state index in [4.69, 9.17) is 18.9 Å². The summed E-state index contributed by atoms with van der Waals surface area (Å²) in [5, 5.41) is 5.55. The van der Waals surface area contributed by atoms with Gasteiger partial charge in [-0.15, -0.1) is 0 Å². The lowest BCUT2D eigenvalue weighted by Crippen LogP contribution is -2.32. The van der Waals surface area contributed by atoms with Gasteiger partial charge in [-0.2, -0.15) is 0 Å². The number of carbonyl (C=O) groups excluding carboxylic acids is 2. The first-order chi connectivity index (χ1) is 16.8. The monoisotopic (exact) mass is 479 g/mol. The summed E-state index contributed by atoms with van der Waals surface area (Å²) >= 11 is 0. The summed E-state index contributed by atoms with van der Waals surface area (Å²) in [5.74, 6) is 1.02. The van der Waals surface area contributed by atoms with Crippen molar-refractivity contribution in [3.8, 4) is 28.5 Å². The average molecular weight is 480 g/mol. The number of para-hydroxylation sites is 1. The fourth-order valence-corrected chi connectivity index (χ4v) is 3.24. The van der Waals surface area contributed by atoms with E-state index in [1.54, 1.807) is 56.4 Å². The van der Waals surface area contributed by atoms with E-state index >= 15 is 0 Å². The van der Waals surface area contributed by atoms with Crippen LogP contribution in [0.3, 0.4) is 0 Å². The van der Waals surface area contributed by atoms with Gasteiger partial charge >= 0.3 is 12.0 Å². The lowest BCUT2D eigenvalue weighted by atomic mass is 9.95. The van der Waals surface area contributed by atoms with Gasteiger partial charge in [-0.3, -0.25) is 4.79 Å². The molecule has 35 heavy (non-hydrogen) atoms. The molecule has 3 aromatic rings. The van der Waals surface area contributed by atoms with Crippen molar-refractivity contribution in [1.82, 2.24) is 4.98 Å². The first-order valence-electron chi connectivity index (χ1n) is 10.8. The molecule has 9 nitrogen and oxygen atoms in total. The number of anilines is 2. The zero-order valence-corrected chi connectivity index (χ0v) is 20.4. The Balaban J connectivity index is 1.60. The molecule has 3 rings (SSSR count). The fourth-order valence-electron chi connectivity index (χ4n) is 3.24. The molecule has 2 N–H and O–H groups in total. The second kappa shape index (κ2) is 11.2. The van der Waals surface area contributed by atoms with Crippen LogP contribution in [0, 0.1) is 5.41 Å². The van der Waals surface area contributed by atoms with Gasteiger partial charge in [0.1, 0.15) is 6.61 Å². The van der Waals surface area contributed by atoms with Crippen LogP contribution < -0.4 is 24.8 Å². The number of hydrogen-bond donors (Lipinski definition) is 2. The number of benzene rings is 2. The summed E-state index contributed by atoms with van der Waals surface area (Å²) in [7, 11) is 4.39. The van der Waals surface area contributed by atoms with Gasteiger partial charge in [-0.25, -0.2) is 9.78 Å². The molecule has 0 aliphatic carbocycles. The van der Waals surface area contributed by atoms with Gasteiger partial charge in [0.25, 0.3) is 0 Å². The van der Waals surface area contributed by atoms with E-state index in [1.807, 2.05) is 18.2 Å². The molecular weight excluding hydrogens is 450 g/mol. The van der Waals surface area contributed by atoms with Crippen molar-refractivity contribution in [3.05, 3.63) is 60.8 Å². The standard InChI is InChI=1S/C26H29N3O6/c1-26(2,24(30)34-5)16-35-22-14-11-18(15-27-22)17-9-12-19(13-10-17)28-25(31)29-20-7-6-8-21(32-3)23(20)33-4/h6-15H,16H2,1-5H3,(H2,28,29,31). The fraction of sp³-hybridized carbons (Fsp3) is 0.269. The van der Waals surface area contributed by atoms with Crippen LogP contribution in [0.25, 0.3) is 11.1 Å². The van der Waals surface area contributed by atoms with Crippen molar-refractivity contribution in [2.45, 2.75) is 13.8 Å². The molecule has 0 radical (unpaired) electrons. The van der Waals surface area contributed by atoms with Gasteiger partial charge in [0.2, 0.25) is 5.88 Å². The Morgan fingerprint density at radius 1 is 0.886 bits per heavy atom. The second-order valence-electron chi connectivity index (χ2n) is 8.25. The van der Waals surface area contributed by atoms with Crippen LogP contribution in [0.15, 0.2) is 60.8 Å². The highest BCUT2D eigenvalue weighted by molar-refractivity contribution is 6.01. The summed E-state index contributed by atoms with van der Waals surface area (Å²) in [4.78, 5) is 28.6. The minimum Gasteiger partial charge on any atom is -0.493 e. The zero-order chi connectivity index (χ0) is 25.4. The van der Waals surface area contributed by atoms with Gasteiger partial charge in [0, 0.05) is 23.5 Å². The topological polar surface area (TPSA) is 108 Å². The Morgan fingerprint density at radius 3 is 2.20 bits per heavy atom. The van der Waals surface area contributed by atoms with Crippen LogP contribution in [-0.4, -0.2) is 44.9 Å². The van der Waals surface area contributed by atoms with Crippen molar-refractivity contribution in [1.29, 1.82) is 0 Å². The molecule has 9 heteroatoms. The molecule has 1 heterocycles. The molecule has 0 fully saturated rings. The van der Waals surface area contributed by atoms with Gasteiger partial charge in [-0.05, 0) is 49.7 Å². The molecule has 0 atom stereocenters. The quantitative estimate of drug-likeness (QED) is 0.416. The van der Waals surface area contributed by atoms with Gasteiger partial charge in [0.15, 0.2) is 11.5 Å². The van der Waals surface area contributed by atoms with Crippen LogP contribution in [0.1, 0.15) is 13.8 Å². The molecule has 184 valence electrons. The highest BCUT2D eigenvalue weighted by atomic mass is 16.5. The second-order valence-corrected chi connectivity index (χ2v) is 8.25. The van der Waals surface area contributed by atoms with E-state index < -0.39 is 11.4 Å². The summed E-state index contributed by atoms with van der Waals surface area (Å²) in [6.45, 7) is 3.64. The summed E-state index contributed by atoms with van der Waals surface area (Å²) in [6.07, 6.45) is 1.69. The predicted octanol–water partition coefficient (Wildman–Crippen LogP) is 4.99. The van der Waals surface area contributed by atoms with Crippen LogP contribution in [-0.2, 0) is 9.53 Å². The van der Waals surface area contributed by atoms with Gasteiger partial charge in [0.05, 0.1) is 32.4 Å². The summed E-state index contributed by atoms with van der Waals surface area (Å²) in [5.41, 5.74) is 2.12. The molecule has 1 aromatic heterocycles. The van der Waals surface area contributed by atoms with E-state index in [9.17, 15) is 9.59 Å². The van der Waals surface area contributed by atoms with Crippen molar-refractivity contribution in [2.75, 3.05) is 38.6 Å². The Bertz CT molecular complexity index is 1160. The molecule has 0 saturated carbocycles. The lowest BCUT2D eigenvalue weighted by Gasteiger charge is -2.21. The Hall–Kier alpha value is -4.27. The minimum atomic E-state index is -0.776. The van der Waals surface area contributed by atoms with E-state index in [2.05, 4.69) is 15.6 Å². The van der Waals surface area contributed by atoms with Crippen LogP contribution in [0.4, 0.5) is 16.2 Å². The maximum Gasteiger partial charge on any atom is 0.323 e. The Kier molecular flexibility index (Phi) is 8.14. The molecule has 2 aromatic carbocycles. The number of nitrogens with zero attached hydrogens (tertiary/aromatic N) is 1. The zero-order valence-electron chi connectivity index (χ0n) is 20.4. The maximum absolute atomic E-state index is 12.5. The lowest BCUT2D eigenvalue weighted by molar-refractivity contribution is -0.152. The number of amides is 2. The van der Waals surface area contributed by atoms with Crippen LogP contribution in [0.2, 0.25) is 0 Å². The molecule has 0 bridgehead atoms. The van der Waals surface area contributed by atoms with Gasteiger partial charge < -0.3 is 29.6 Å². The highest BCUT2D eigenvalue weighted by Crippen LogP contribution is 2.34. The molecule has 0 unspecified atom stereocenters. The number of urea groups is 1. The number of esters is 1. The number of hydrogen-bond acceptors (Lipinski definition) is 7. The van der Waals surface area contributed by atoms with Gasteiger partial charge in [-0.1, -0.05) is 18.2 Å². The molecule has 0 aliphatic heterocycles. The number of methoxy groups -OCH3 is 3. The number of rotatable bonds is 9. The molecular formula is C26H29N3O6. The minimum absolute atomic E-state index is 0.149. The number of carbonyl (C=O) groups is 2. The first kappa shape index (κ1) is 25.4. The molecule has 0 aliphatic rings. The van der Waals surface area contributed by atoms with E-state index in [0.717, 1.165) is 11.1 Å². The third-order valence-electron chi connectivity index (χ3n) is 5.18. The van der Waals surface area contributed by atoms with E-state index in [-0.39, 0.29) is 12.6 Å². The van der Waals surface area contributed by atoms with Crippen LogP contribution in [0.5, 0.6) is 17.4 Å². The molecule has 2 amide bonds. The number of nitrogens with one attached hydrogen (secondary N) is 2. The molecule has 0 saturated heterocycles. The average Bonchev–Trinajstić information content (AvgIpc) is 2.87. The van der Waals surface area contributed by atoms with Crippen molar-refractivity contribution < 1.29 is 28.5 Å². The van der Waals surface area contributed by atoms with Crippen LogP contribution >= 0.6 is 0 Å². The SMILES string of the molecule is COC(=O)C(C)(C)COc1ccc(-c2ccc(NC(=O)Nc3cccc(OC)c3OC)cc2)cn1. The maximum atomic E-state index is 12.5. The Labute approximate surface area is 204 Å². The molecule has 0 spiro atoms. The summed E-state index contributed by atoms with van der Waals surface area (Å²) < 4.78 is 21.0. The largest absolute Gasteiger partial charge is 0.493 e. The van der Waals surface area contributed by atoms with Crippen molar-refractivity contribution >= 4 is 23.4 Å². The van der Waals surface area contributed by atoms with E-state index in [1.165, 1.54) is 21.3 Å². The Morgan fingerprint density at radius 2 is 1.60 bits per heavy atom. The van der Waals surface area contributed by atoms with Crippen molar-refractivity contribution in [2.24, 2.45) is 5.41 Å². The number of aromatic nitrogens is 1. The highest BCUT2D eigenvalue weighted by Gasteiger charge is 2.29. The van der Waals surface area contributed by atoms with E-state index in [0.29, 0.717) is 28.8 Å². The van der Waals surface area contributed by atoms with Crippen molar-refractivity contribution in [3.63, 3.8) is 0 Å². The third-order valence-corrected chi connectivity index (χ3v) is 5.18.